The van der Waals surface area contributed by atoms with E-state index in [1.54, 1.807) is 0 Å². The SMILES string of the molecule is Cc1cccc2[nH]cc(CCNC(=O)C(C)C3CNC3)c12. The Hall–Kier alpha value is -1.81. The van der Waals surface area contributed by atoms with E-state index in [1.165, 1.54) is 22.0 Å². The van der Waals surface area contributed by atoms with Crippen molar-refractivity contribution in [2.75, 3.05) is 19.6 Å². The zero-order valence-corrected chi connectivity index (χ0v) is 12.7. The minimum atomic E-state index is 0.107. The molecule has 0 spiro atoms. The van der Waals surface area contributed by atoms with Gasteiger partial charge < -0.3 is 15.6 Å². The second-order valence-corrected chi connectivity index (χ2v) is 6.06. The Morgan fingerprint density at radius 2 is 2.24 bits per heavy atom. The first-order chi connectivity index (χ1) is 10.2. The lowest BCUT2D eigenvalue weighted by Crippen LogP contribution is -2.49. The number of hydrogen-bond acceptors (Lipinski definition) is 2. The van der Waals surface area contributed by atoms with E-state index in [0.717, 1.165) is 19.5 Å². The van der Waals surface area contributed by atoms with E-state index in [0.29, 0.717) is 12.5 Å². The number of amides is 1. The molecular formula is C17H23N3O. The number of H-pyrrole nitrogens is 1. The first-order valence-corrected chi connectivity index (χ1v) is 7.71. The van der Waals surface area contributed by atoms with Gasteiger partial charge in [0.15, 0.2) is 0 Å². The molecule has 1 aliphatic heterocycles. The van der Waals surface area contributed by atoms with E-state index in [2.05, 4.69) is 46.9 Å². The van der Waals surface area contributed by atoms with Gasteiger partial charge in [-0.1, -0.05) is 19.1 Å². The van der Waals surface area contributed by atoms with Crippen molar-refractivity contribution in [3.05, 3.63) is 35.5 Å². The van der Waals surface area contributed by atoms with Crippen LogP contribution in [-0.2, 0) is 11.2 Å². The minimum Gasteiger partial charge on any atom is -0.361 e. The monoisotopic (exact) mass is 285 g/mol. The normalized spacial score (nSPS) is 16.7. The van der Waals surface area contributed by atoms with Crippen LogP contribution in [0.2, 0.25) is 0 Å². The molecule has 21 heavy (non-hydrogen) atoms. The van der Waals surface area contributed by atoms with Crippen LogP contribution in [0.5, 0.6) is 0 Å². The zero-order chi connectivity index (χ0) is 14.8. The van der Waals surface area contributed by atoms with Crippen LogP contribution in [0.15, 0.2) is 24.4 Å². The van der Waals surface area contributed by atoms with Crippen LogP contribution in [-0.4, -0.2) is 30.5 Å². The van der Waals surface area contributed by atoms with E-state index in [4.69, 9.17) is 0 Å². The molecule has 1 atom stereocenters. The van der Waals surface area contributed by atoms with Crippen LogP contribution >= 0.6 is 0 Å². The van der Waals surface area contributed by atoms with Crippen molar-refractivity contribution in [2.24, 2.45) is 11.8 Å². The molecule has 0 saturated carbocycles. The maximum Gasteiger partial charge on any atom is 0.223 e. The molecule has 0 radical (unpaired) electrons. The summed E-state index contributed by atoms with van der Waals surface area (Å²) in [6.45, 7) is 6.79. The molecule has 0 bridgehead atoms. The van der Waals surface area contributed by atoms with Gasteiger partial charge in [0, 0.05) is 29.6 Å². The summed E-state index contributed by atoms with van der Waals surface area (Å²) in [5.41, 5.74) is 3.73. The fourth-order valence-corrected chi connectivity index (χ4v) is 3.01. The first-order valence-electron chi connectivity index (χ1n) is 7.71. The molecule has 2 aromatic rings. The highest BCUT2D eigenvalue weighted by Gasteiger charge is 2.28. The summed E-state index contributed by atoms with van der Waals surface area (Å²) in [7, 11) is 0. The molecule has 4 nitrogen and oxygen atoms in total. The average Bonchev–Trinajstić information content (AvgIpc) is 2.81. The molecule has 3 N–H and O–H groups in total. The summed E-state index contributed by atoms with van der Waals surface area (Å²) in [6, 6.07) is 6.29. The van der Waals surface area contributed by atoms with Crippen LogP contribution in [0.4, 0.5) is 0 Å². The number of fused-ring (bicyclic) bond motifs is 1. The number of carbonyl (C=O) groups excluding carboxylic acids is 1. The third-order valence-electron chi connectivity index (χ3n) is 4.62. The molecular weight excluding hydrogens is 262 g/mol. The van der Waals surface area contributed by atoms with Crippen molar-refractivity contribution in [3.8, 4) is 0 Å². The van der Waals surface area contributed by atoms with Gasteiger partial charge in [0.05, 0.1) is 0 Å². The first kappa shape index (κ1) is 14.1. The predicted octanol–water partition coefficient (Wildman–Crippen LogP) is 1.99. The maximum absolute atomic E-state index is 12.1. The van der Waals surface area contributed by atoms with Gasteiger partial charge in [0.1, 0.15) is 0 Å². The molecule has 112 valence electrons. The molecule has 3 rings (SSSR count). The fraction of sp³-hybridized carbons (Fsp3) is 0.471. The molecule has 1 unspecified atom stereocenters. The Balaban J connectivity index is 1.58. The lowest BCUT2D eigenvalue weighted by atomic mass is 9.88. The van der Waals surface area contributed by atoms with Crippen molar-refractivity contribution >= 4 is 16.8 Å². The number of aromatic amines is 1. The van der Waals surface area contributed by atoms with Gasteiger partial charge in [-0.2, -0.15) is 0 Å². The molecule has 1 fully saturated rings. The highest BCUT2D eigenvalue weighted by atomic mass is 16.1. The van der Waals surface area contributed by atoms with Crippen molar-refractivity contribution < 1.29 is 4.79 Å². The second-order valence-electron chi connectivity index (χ2n) is 6.06. The number of aromatic nitrogens is 1. The van der Waals surface area contributed by atoms with Gasteiger partial charge in [-0.25, -0.2) is 0 Å². The fourth-order valence-electron chi connectivity index (χ4n) is 3.01. The summed E-state index contributed by atoms with van der Waals surface area (Å²) in [5, 5.41) is 7.59. The molecule has 4 heteroatoms. The van der Waals surface area contributed by atoms with E-state index in [9.17, 15) is 4.79 Å². The maximum atomic E-state index is 12.1. The smallest absolute Gasteiger partial charge is 0.223 e. The third kappa shape index (κ3) is 2.81. The van der Waals surface area contributed by atoms with Crippen molar-refractivity contribution in [1.82, 2.24) is 15.6 Å². The average molecular weight is 285 g/mol. The van der Waals surface area contributed by atoms with Crippen molar-refractivity contribution in [3.63, 3.8) is 0 Å². The summed E-state index contributed by atoms with van der Waals surface area (Å²) >= 11 is 0. The lowest BCUT2D eigenvalue weighted by molar-refractivity contribution is -0.126. The summed E-state index contributed by atoms with van der Waals surface area (Å²) in [6.07, 6.45) is 2.93. The Morgan fingerprint density at radius 3 is 2.95 bits per heavy atom. The highest BCUT2D eigenvalue weighted by Crippen LogP contribution is 2.22. The number of benzene rings is 1. The topological polar surface area (TPSA) is 56.9 Å². The number of rotatable bonds is 5. The summed E-state index contributed by atoms with van der Waals surface area (Å²) in [4.78, 5) is 15.4. The van der Waals surface area contributed by atoms with Gasteiger partial charge in [-0.3, -0.25) is 4.79 Å². The number of hydrogen-bond donors (Lipinski definition) is 3. The van der Waals surface area contributed by atoms with E-state index >= 15 is 0 Å². The zero-order valence-electron chi connectivity index (χ0n) is 12.7. The number of aryl methyl sites for hydroxylation is 1. The largest absolute Gasteiger partial charge is 0.361 e. The molecule has 1 aromatic heterocycles. The molecule has 1 saturated heterocycles. The van der Waals surface area contributed by atoms with Crippen LogP contribution < -0.4 is 10.6 Å². The Bertz CT molecular complexity index is 643. The van der Waals surface area contributed by atoms with Crippen LogP contribution in [0.1, 0.15) is 18.1 Å². The Kier molecular flexibility index (Phi) is 3.97. The van der Waals surface area contributed by atoms with Crippen molar-refractivity contribution in [1.29, 1.82) is 0 Å². The predicted molar refractivity (Wildman–Crippen MR) is 85.3 cm³/mol. The number of carbonyl (C=O) groups is 1. The highest BCUT2D eigenvalue weighted by molar-refractivity contribution is 5.86. The lowest BCUT2D eigenvalue weighted by Gasteiger charge is -2.31. The van der Waals surface area contributed by atoms with Crippen LogP contribution in [0.3, 0.4) is 0 Å². The van der Waals surface area contributed by atoms with Crippen molar-refractivity contribution in [2.45, 2.75) is 20.3 Å². The van der Waals surface area contributed by atoms with Crippen LogP contribution in [0.25, 0.3) is 10.9 Å². The molecule has 2 heterocycles. The number of nitrogens with one attached hydrogen (secondary N) is 3. The molecule has 1 aromatic carbocycles. The van der Waals surface area contributed by atoms with E-state index in [-0.39, 0.29) is 11.8 Å². The van der Waals surface area contributed by atoms with Gasteiger partial charge in [-0.05, 0) is 49.5 Å². The van der Waals surface area contributed by atoms with E-state index < -0.39 is 0 Å². The van der Waals surface area contributed by atoms with E-state index in [1.807, 2.05) is 6.92 Å². The molecule has 1 aliphatic rings. The Labute approximate surface area is 125 Å². The Morgan fingerprint density at radius 1 is 1.43 bits per heavy atom. The van der Waals surface area contributed by atoms with Crippen LogP contribution in [0, 0.1) is 18.8 Å². The summed E-state index contributed by atoms with van der Waals surface area (Å²) < 4.78 is 0. The third-order valence-corrected chi connectivity index (χ3v) is 4.62. The summed E-state index contributed by atoms with van der Waals surface area (Å²) in [5.74, 6) is 0.786. The second kappa shape index (κ2) is 5.90. The standard InChI is InChI=1S/C17H23N3O/c1-11-4-3-5-15-16(11)13(10-20-15)6-7-19-17(21)12(2)14-8-18-9-14/h3-5,10,12,14,18,20H,6-9H2,1-2H3,(H,19,21). The van der Waals surface area contributed by atoms with Gasteiger partial charge in [-0.15, -0.1) is 0 Å². The molecule has 0 aliphatic carbocycles. The molecule has 1 amide bonds. The quantitative estimate of drug-likeness (QED) is 0.787. The van der Waals surface area contributed by atoms with Gasteiger partial charge >= 0.3 is 0 Å². The minimum absolute atomic E-state index is 0.107. The van der Waals surface area contributed by atoms with Gasteiger partial charge in [0.25, 0.3) is 0 Å². The van der Waals surface area contributed by atoms with Gasteiger partial charge in [0.2, 0.25) is 5.91 Å².